The van der Waals surface area contributed by atoms with Crippen LogP contribution in [0.4, 0.5) is 0 Å². The Balaban J connectivity index is 0. The highest BCUT2D eigenvalue weighted by atomic mass is 32.1. The maximum Gasteiger partial charge on any atom is 0.300 e. The normalized spacial score (nSPS) is 7.29. The molecule has 80 valence electrons. The van der Waals surface area contributed by atoms with Gasteiger partial charge in [-0.1, -0.05) is 6.07 Å². The molecule has 14 heavy (non-hydrogen) atoms. The van der Waals surface area contributed by atoms with Gasteiger partial charge in [-0.25, -0.2) is 0 Å². The van der Waals surface area contributed by atoms with Crippen molar-refractivity contribution in [2.24, 2.45) is 11.5 Å². The van der Waals surface area contributed by atoms with E-state index in [2.05, 4.69) is 35.9 Å². The quantitative estimate of drug-likeness (QED) is 0.383. The lowest BCUT2D eigenvalue weighted by atomic mass is 10.5. The van der Waals surface area contributed by atoms with Crippen molar-refractivity contribution < 1.29 is 9.90 Å². The van der Waals surface area contributed by atoms with E-state index in [1.807, 2.05) is 0 Å². The molecular weight excluding hydrogens is 202 g/mol. The Kier molecular flexibility index (Phi) is 10.2. The number of nitrogens with two attached hydrogens (primary N) is 2. The molecule has 0 atom stereocenters. The molecule has 0 aliphatic heterocycles. The Bertz CT molecular complexity index is 240. The predicted octanol–water partition coefficient (Wildman–Crippen LogP) is 0.986. The molecule has 1 aromatic rings. The van der Waals surface area contributed by atoms with Crippen LogP contribution in [0.25, 0.3) is 0 Å². The third kappa shape index (κ3) is 31.4. The molecule has 0 aliphatic rings. The maximum atomic E-state index is 9.00. The number of carboxylic acid groups (broad SMARTS) is 1. The van der Waals surface area contributed by atoms with Crippen molar-refractivity contribution in [2.45, 2.75) is 13.8 Å². The van der Waals surface area contributed by atoms with Crippen LogP contribution >= 0.6 is 11.3 Å². The summed E-state index contributed by atoms with van der Waals surface area (Å²) in [6.07, 6.45) is 0. The van der Waals surface area contributed by atoms with Crippen LogP contribution in [0.1, 0.15) is 11.8 Å². The number of aryl methyl sites for hydroxylation is 1. The van der Waals surface area contributed by atoms with Gasteiger partial charge >= 0.3 is 0 Å². The van der Waals surface area contributed by atoms with Crippen LogP contribution in [0.3, 0.4) is 0 Å². The monoisotopic (exact) mass is 217 g/mol. The fourth-order valence-corrected chi connectivity index (χ4v) is 0.890. The second-order valence-electron chi connectivity index (χ2n) is 2.20. The number of carboxylic acids is 1. The summed E-state index contributed by atoms with van der Waals surface area (Å²) in [5.74, 6) is -1.17. The first-order valence-electron chi connectivity index (χ1n) is 3.65. The van der Waals surface area contributed by atoms with Crippen LogP contribution < -0.4 is 11.5 Å². The summed E-state index contributed by atoms with van der Waals surface area (Å²) < 4.78 is 0. The molecule has 0 fully saturated rings. The van der Waals surface area contributed by atoms with Gasteiger partial charge in [0.25, 0.3) is 5.97 Å². The summed E-state index contributed by atoms with van der Waals surface area (Å²) in [5.41, 5.74) is 8.94. The van der Waals surface area contributed by atoms with Crippen molar-refractivity contribution in [3.8, 4) is 0 Å². The zero-order valence-electron chi connectivity index (χ0n) is 8.15. The van der Waals surface area contributed by atoms with Crippen molar-refractivity contribution in [2.75, 3.05) is 0 Å². The molecular formula is C8H15N3O2S. The van der Waals surface area contributed by atoms with E-state index in [0.29, 0.717) is 0 Å². The van der Waals surface area contributed by atoms with Gasteiger partial charge in [0.2, 0.25) is 0 Å². The minimum Gasteiger partial charge on any atom is -0.481 e. The number of aliphatic carboxylic acids is 1. The van der Waals surface area contributed by atoms with E-state index in [9.17, 15) is 0 Å². The summed E-state index contributed by atoms with van der Waals surface area (Å²) in [6, 6.07) is 4.16. The van der Waals surface area contributed by atoms with E-state index in [1.54, 1.807) is 11.3 Å². The zero-order chi connectivity index (χ0) is 11.6. The van der Waals surface area contributed by atoms with Gasteiger partial charge in [-0.05, 0) is 18.4 Å². The Morgan fingerprint density at radius 3 is 2.00 bits per heavy atom. The number of carbonyl (C=O) groups is 1. The van der Waals surface area contributed by atoms with E-state index in [1.165, 1.54) is 4.88 Å². The molecule has 6 N–H and O–H groups in total. The molecule has 0 aromatic carbocycles. The maximum absolute atomic E-state index is 9.00. The molecule has 0 bridgehead atoms. The van der Waals surface area contributed by atoms with E-state index in [4.69, 9.17) is 15.3 Å². The SMILES string of the molecule is CC(=O)O.Cc1cccs1.N=C(N)N. The van der Waals surface area contributed by atoms with E-state index in [-0.39, 0.29) is 5.96 Å². The summed E-state index contributed by atoms with van der Waals surface area (Å²) in [5, 5.41) is 15.6. The van der Waals surface area contributed by atoms with Gasteiger partial charge < -0.3 is 16.6 Å². The first-order chi connectivity index (χ1) is 6.36. The van der Waals surface area contributed by atoms with Gasteiger partial charge in [0.05, 0.1) is 0 Å². The number of rotatable bonds is 0. The summed E-state index contributed by atoms with van der Waals surface area (Å²) in [7, 11) is 0. The minimum atomic E-state index is -0.833. The van der Waals surface area contributed by atoms with Crippen molar-refractivity contribution in [1.29, 1.82) is 5.41 Å². The Morgan fingerprint density at radius 2 is 1.93 bits per heavy atom. The highest BCUT2D eigenvalue weighted by molar-refractivity contribution is 7.09. The van der Waals surface area contributed by atoms with Crippen LogP contribution in [-0.4, -0.2) is 17.0 Å². The number of nitrogens with one attached hydrogen (secondary N) is 1. The predicted molar refractivity (Wildman–Crippen MR) is 58.5 cm³/mol. The van der Waals surface area contributed by atoms with Crippen molar-refractivity contribution in [3.63, 3.8) is 0 Å². The molecule has 0 saturated carbocycles. The smallest absolute Gasteiger partial charge is 0.300 e. The molecule has 0 radical (unpaired) electrons. The number of hydrogen-bond donors (Lipinski definition) is 4. The molecule has 6 heteroatoms. The molecule has 0 aliphatic carbocycles. The fraction of sp³-hybridized carbons (Fsp3) is 0.250. The summed E-state index contributed by atoms with van der Waals surface area (Å²) in [6.45, 7) is 3.19. The second-order valence-corrected chi connectivity index (χ2v) is 3.35. The molecule has 0 saturated heterocycles. The molecule has 0 unspecified atom stereocenters. The third-order valence-electron chi connectivity index (χ3n) is 0.663. The lowest BCUT2D eigenvalue weighted by Crippen LogP contribution is -2.20. The van der Waals surface area contributed by atoms with Crippen molar-refractivity contribution >= 4 is 23.3 Å². The number of hydrogen-bond acceptors (Lipinski definition) is 3. The molecule has 5 nitrogen and oxygen atoms in total. The highest BCUT2D eigenvalue weighted by Gasteiger charge is 1.74. The lowest BCUT2D eigenvalue weighted by molar-refractivity contribution is -0.134. The Morgan fingerprint density at radius 1 is 1.57 bits per heavy atom. The standard InChI is InChI=1S/C5H6S.C2H4O2.CH5N3/c1-5-3-2-4-6-5;1-2(3)4;2-1(3)4/h2-4H,1H3;1H3,(H,3,4);(H5,2,3,4). The van der Waals surface area contributed by atoms with E-state index < -0.39 is 5.97 Å². The van der Waals surface area contributed by atoms with Gasteiger partial charge in [-0.3, -0.25) is 10.2 Å². The Hall–Kier alpha value is -1.56. The molecule has 1 heterocycles. The Labute approximate surface area is 86.9 Å². The average molecular weight is 217 g/mol. The third-order valence-corrected chi connectivity index (χ3v) is 1.46. The van der Waals surface area contributed by atoms with Crippen LogP contribution in [-0.2, 0) is 4.79 Å². The van der Waals surface area contributed by atoms with Gasteiger partial charge in [-0.15, -0.1) is 11.3 Å². The summed E-state index contributed by atoms with van der Waals surface area (Å²) in [4.78, 5) is 10.4. The molecule has 0 amide bonds. The first kappa shape index (κ1) is 14.9. The number of guanidine groups is 1. The average Bonchev–Trinajstić information content (AvgIpc) is 2.36. The van der Waals surface area contributed by atoms with Crippen LogP contribution in [0.5, 0.6) is 0 Å². The van der Waals surface area contributed by atoms with Gasteiger partial charge in [0.15, 0.2) is 5.96 Å². The van der Waals surface area contributed by atoms with E-state index in [0.717, 1.165) is 6.92 Å². The first-order valence-corrected chi connectivity index (χ1v) is 4.53. The zero-order valence-corrected chi connectivity index (χ0v) is 8.97. The second kappa shape index (κ2) is 9.53. The topological polar surface area (TPSA) is 113 Å². The van der Waals surface area contributed by atoms with Gasteiger partial charge in [-0.2, -0.15) is 0 Å². The van der Waals surface area contributed by atoms with E-state index >= 15 is 0 Å². The van der Waals surface area contributed by atoms with Crippen molar-refractivity contribution in [1.82, 2.24) is 0 Å². The lowest BCUT2D eigenvalue weighted by Gasteiger charge is -1.69. The highest BCUT2D eigenvalue weighted by Crippen LogP contribution is 2.03. The van der Waals surface area contributed by atoms with Crippen LogP contribution in [0.15, 0.2) is 17.5 Å². The van der Waals surface area contributed by atoms with Crippen LogP contribution in [0.2, 0.25) is 0 Å². The van der Waals surface area contributed by atoms with Crippen molar-refractivity contribution in [3.05, 3.63) is 22.4 Å². The minimum absolute atomic E-state index is 0.333. The fourth-order valence-electron chi connectivity index (χ4n) is 0.361. The van der Waals surface area contributed by atoms with Crippen LogP contribution in [0, 0.1) is 12.3 Å². The largest absolute Gasteiger partial charge is 0.481 e. The molecule has 1 rings (SSSR count). The molecule has 1 aromatic heterocycles. The molecule has 0 spiro atoms. The van der Waals surface area contributed by atoms with Gasteiger partial charge in [0.1, 0.15) is 0 Å². The summed E-state index contributed by atoms with van der Waals surface area (Å²) >= 11 is 1.78. The number of thiophene rings is 1. The van der Waals surface area contributed by atoms with Gasteiger partial charge in [0, 0.05) is 11.8 Å².